The van der Waals surface area contributed by atoms with Gasteiger partial charge in [0.15, 0.2) is 11.6 Å². The maximum atomic E-state index is 13.9. The van der Waals surface area contributed by atoms with E-state index < -0.39 is 17.6 Å². The van der Waals surface area contributed by atoms with E-state index in [1.54, 1.807) is 9.80 Å². The lowest BCUT2D eigenvalue weighted by Gasteiger charge is -2.43. The Balaban J connectivity index is 1.24. The van der Waals surface area contributed by atoms with Gasteiger partial charge in [-0.2, -0.15) is 13.2 Å². The Morgan fingerprint density at radius 3 is 2.56 bits per heavy atom. The predicted octanol–water partition coefficient (Wildman–Crippen LogP) is 2.64. The normalized spacial score (nSPS) is 24.7. The molecule has 2 atom stereocenters. The molecule has 4 rings (SSSR count). The summed E-state index contributed by atoms with van der Waals surface area (Å²) in [5.41, 5.74) is -1.06. The molecule has 1 aromatic rings. The smallest absolute Gasteiger partial charge is 0.416 e. The minimum atomic E-state index is -4.61. The second-order valence-corrected chi connectivity index (χ2v) is 8.43. The van der Waals surface area contributed by atoms with Crippen LogP contribution in [0.15, 0.2) is 18.2 Å². The highest BCUT2D eigenvalue weighted by Gasteiger charge is 2.38. The summed E-state index contributed by atoms with van der Waals surface area (Å²) in [6, 6.07) is 1.94. The third-order valence-corrected chi connectivity index (χ3v) is 6.21. The molecule has 3 amide bonds. The van der Waals surface area contributed by atoms with E-state index >= 15 is 0 Å². The van der Waals surface area contributed by atoms with Crippen LogP contribution in [0, 0.1) is 11.7 Å². The molecular weight excluding hydrogens is 434 g/mol. The van der Waals surface area contributed by atoms with Crippen LogP contribution in [0.5, 0.6) is 5.75 Å². The average molecular weight is 459 g/mol. The fraction of sp³-hybridized carbons (Fsp3) is 0.619. The molecule has 0 spiro atoms. The Bertz CT molecular complexity index is 858. The number of alkyl halides is 3. The Labute approximate surface area is 182 Å². The lowest BCUT2D eigenvalue weighted by atomic mass is 9.97. The number of amides is 3. The van der Waals surface area contributed by atoms with Gasteiger partial charge in [-0.05, 0) is 43.4 Å². The SMILES string of the molecule is O=C1CO[C@H]2CCN(C(=O)N3CCC(COc4ccc(C(F)(F)F)cc4F)CC3)C[C@H]2N1. The van der Waals surface area contributed by atoms with E-state index in [4.69, 9.17) is 9.47 Å². The Morgan fingerprint density at radius 1 is 1.16 bits per heavy atom. The van der Waals surface area contributed by atoms with Gasteiger partial charge in [0.1, 0.15) is 6.61 Å². The largest absolute Gasteiger partial charge is 0.490 e. The van der Waals surface area contributed by atoms with E-state index in [-0.39, 0.29) is 49.0 Å². The average Bonchev–Trinajstić information content (AvgIpc) is 2.77. The van der Waals surface area contributed by atoms with Crippen molar-refractivity contribution in [3.8, 4) is 5.75 Å². The van der Waals surface area contributed by atoms with Crippen LogP contribution in [0.25, 0.3) is 0 Å². The van der Waals surface area contributed by atoms with E-state index in [1.165, 1.54) is 0 Å². The summed E-state index contributed by atoms with van der Waals surface area (Å²) in [5.74, 6) is -1.37. The number of ether oxygens (including phenoxy) is 2. The van der Waals surface area contributed by atoms with Crippen molar-refractivity contribution in [2.45, 2.75) is 37.6 Å². The van der Waals surface area contributed by atoms with Crippen molar-refractivity contribution in [3.05, 3.63) is 29.6 Å². The van der Waals surface area contributed by atoms with Crippen LogP contribution < -0.4 is 10.1 Å². The summed E-state index contributed by atoms with van der Waals surface area (Å²) < 4.78 is 62.8. The number of fused-ring (bicyclic) bond motifs is 1. The quantitative estimate of drug-likeness (QED) is 0.706. The Kier molecular flexibility index (Phi) is 6.45. The van der Waals surface area contributed by atoms with E-state index in [0.717, 1.165) is 12.1 Å². The molecule has 3 aliphatic heterocycles. The standard InChI is InChI=1S/C21H25F4N3O4/c22-15-9-14(21(23,24)25)1-2-17(15)31-11-13-3-6-27(7-4-13)20(30)28-8-5-18-16(10-28)26-19(29)12-32-18/h1-2,9,13,16,18H,3-8,10-12H2,(H,26,29)/t16-,18+/m1/s1. The fourth-order valence-corrected chi connectivity index (χ4v) is 4.37. The van der Waals surface area contributed by atoms with Gasteiger partial charge in [0.25, 0.3) is 0 Å². The first kappa shape index (κ1) is 22.6. The molecule has 3 saturated heterocycles. The summed E-state index contributed by atoms with van der Waals surface area (Å²) >= 11 is 0. The third kappa shape index (κ3) is 5.08. The topological polar surface area (TPSA) is 71.1 Å². The van der Waals surface area contributed by atoms with E-state index in [0.29, 0.717) is 51.5 Å². The number of hydrogen-bond acceptors (Lipinski definition) is 4. The van der Waals surface area contributed by atoms with E-state index in [9.17, 15) is 27.2 Å². The van der Waals surface area contributed by atoms with Gasteiger partial charge >= 0.3 is 12.2 Å². The number of nitrogens with one attached hydrogen (secondary N) is 1. The minimum absolute atomic E-state index is 0.0566. The Hall–Kier alpha value is -2.56. The van der Waals surface area contributed by atoms with Crippen molar-refractivity contribution in [3.63, 3.8) is 0 Å². The highest BCUT2D eigenvalue weighted by Crippen LogP contribution is 2.32. The zero-order valence-corrected chi connectivity index (χ0v) is 17.4. The summed E-state index contributed by atoms with van der Waals surface area (Å²) in [4.78, 5) is 27.9. The van der Waals surface area contributed by atoms with E-state index in [2.05, 4.69) is 5.32 Å². The second-order valence-electron chi connectivity index (χ2n) is 8.43. The predicted molar refractivity (Wildman–Crippen MR) is 104 cm³/mol. The molecule has 0 saturated carbocycles. The number of piperidine rings is 2. The van der Waals surface area contributed by atoms with Crippen LogP contribution in [0.3, 0.4) is 0 Å². The first-order chi connectivity index (χ1) is 15.2. The van der Waals surface area contributed by atoms with Crippen LogP contribution >= 0.6 is 0 Å². The Morgan fingerprint density at radius 2 is 1.88 bits per heavy atom. The number of rotatable bonds is 3. The monoisotopic (exact) mass is 459 g/mol. The molecule has 3 fully saturated rings. The van der Waals surface area contributed by atoms with Gasteiger partial charge in [0.2, 0.25) is 5.91 Å². The highest BCUT2D eigenvalue weighted by molar-refractivity contribution is 5.79. The van der Waals surface area contributed by atoms with Gasteiger partial charge in [-0.3, -0.25) is 4.79 Å². The lowest BCUT2D eigenvalue weighted by Crippen LogP contribution is -2.62. The van der Waals surface area contributed by atoms with Gasteiger partial charge < -0.3 is 24.6 Å². The third-order valence-electron chi connectivity index (χ3n) is 6.21. The molecule has 0 unspecified atom stereocenters. The lowest BCUT2D eigenvalue weighted by molar-refractivity contribution is -0.140. The number of nitrogens with zero attached hydrogens (tertiary/aromatic N) is 2. The zero-order valence-electron chi connectivity index (χ0n) is 17.4. The number of halogens is 4. The summed E-state index contributed by atoms with van der Waals surface area (Å²) in [7, 11) is 0. The maximum Gasteiger partial charge on any atom is 0.416 e. The highest BCUT2D eigenvalue weighted by atomic mass is 19.4. The molecular formula is C21H25F4N3O4. The van der Waals surface area contributed by atoms with Crippen LogP contribution in [0.2, 0.25) is 0 Å². The summed E-state index contributed by atoms with van der Waals surface area (Å²) in [5, 5.41) is 2.88. The molecule has 32 heavy (non-hydrogen) atoms. The van der Waals surface area contributed by atoms with Gasteiger partial charge in [-0.15, -0.1) is 0 Å². The van der Waals surface area contributed by atoms with Crippen LogP contribution in [-0.2, 0) is 15.7 Å². The number of carbonyl (C=O) groups is 2. The summed E-state index contributed by atoms with van der Waals surface area (Å²) in [6.45, 7) is 2.21. The zero-order chi connectivity index (χ0) is 22.9. The van der Waals surface area contributed by atoms with Gasteiger partial charge in [0.05, 0.1) is 24.3 Å². The molecule has 0 bridgehead atoms. The summed E-state index contributed by atoms with van der Waals surface area (Å²) in [6.07, 6.45) is -2.71. The van der Waals surface area contributed by atoms with Crippen LogP contribution in [-0.4, -0.2) is 73.3 Å². The van der Waals surface area contributed by atoms with Crippen molar-refractivity contribution in [1.82, 2.24) is 15.1 Å². The molecule has 3 heterocycles. The van der Waals surface area contributed by atoms with Crippen molar-refractivity contribution in [2.24, 2.45) is 5.92 Å². The van der Waals surface area contributed by atoms with Gasteiger partial charge in [0, 0.05) is 26.2 Å². The van der Waals surface area contributed by atoms with Crippen LogP contribution in [0.4, 0.5) is 22.4 Å². The number of morpholine rings is 1. The minimum Gasteiger partial charge on any atom is -0.490 e. The molecule has 0 radical (unpaired) electrons. The van der Waals surface area contributed by atoms with Crippen molar-refractivity contribution < 1.29 is 36.6 Å². The fourth-order valence-electron chi connectivity index (χ4n) is 4.37. The molecule has 1 N–H and O–H groups in total. The molecule has 0 aromatic heterocycles. The molecule has 3 aliphatic rings. The molecule has 7 nitrogen and oxygen atoms in total. The molecule has 1 aromatic carbocycles. The number of urea groups is 1. The molecule has 0 aliphatic carbocycles. The van der Waals surface area contributed by atoms with Gasteiger partial charge in [-0.25, -0.2) is 9.18 Å². The van der Waals surface area contributed by atoms with Gasteiger partial charge in [-0.1, -0.05) is 0 Å². The van der Waals surface area contributed by atoms with E-state index in [1.807, 2.05) is 0 Å². The number of hydrogen-bond donors (Lipinski definition) is 1. The number of benzene rings is 1. The second kappa shape index (κ2) is 9.13. The number of carbonyl (C=O) groups excluding carboxylic acids is 2. The number of likely N-dealkylation sites (tertiary alicyclic amines) is 2. The van der Waals surface area contributed by atoms with Crippen LogP contribution in [0.1, 0.15) is 24.8 Å². The first-order valence-electron chi connectivity index (χ1n) is 10.6. The van der Waals surface area contributed by atoms with Crippen molar-refractivity contribution in [1.29, 1.82) is 0 Å². The maximum absolute atomic E-state index is 13.9. The van der Waals surface area contributed by atoms with Crippen molar-refractivity contribution in [2.75, 3.05) is 39.4 Å². The molecule has 11 heteroatoms. The first-order valence-corrected chi connectivity index (χ1v) is 10.6. The molecule has 176 valence electrons. The van der Waals surface area contributed by atoms with Crippen molar-refractivity contribution >= 4 is 11.9 Å².